The topological polar surface area (TPSA) is 33.5 Å². The molecule has 0 fully saturated rings. The minimum atomic E-state index is -0.150. The fourth-order valence-corrected chi connectivity index (χ4v) is 12.7. The van der Waals surface area contributed by atoms with Crippen LogP contribution in [0.25, 0.3) is 92.3 Å². The zero-order valence-electron chi connectivity index (χ0n) is 45.9. The number of nitrogens with zero attached hydrogens (tertiary/aromatic N) is 4. The molecule has 7 heteroatoms. The number of hydrogen-bond acceptors (Lipinski definition) is 5. The summed E-state index contributed by atoms with van der Waals surface area (Å²) in [5.74, 6) is 2.03. The van der Waals surface area contributed by atoms with Crippen molar-refractivity contribution in [2.45, 2.75) is 52.4 Å². The van der Waals surface area contributed by atoms with Crippen molar-refractivity contribution in [2.75, 3.05) is 9.80 Å². The molecule has 0 atom stereocenters. The number of fused-ring (bicyclic) bond motifs is 8. The molecule has 13 aromatic rings. The van der Waals surface area contributed by atoms with E-state index in [0.29, 0.717) is 11.5 Å². The van der Waals surface area contributed by atoms with Gasteiger partial charge in [0.15, 0.2) is 0 Å². The maximum atomic E-state index is 6.88. The van der Waals surface area contributed by atoms with Crippen molar-refractivity contribution in [1.29, 1.82) is 0 Å². The van der Waals surface area contributed by atoms with Gasteiger partial charge in [-0.2, -0.15) is 12.1 Å². The zero-order chi connectivity index (χ0) is 54.3. The number of para-hydroxylation sites is 2. The van der Waals surface area contributed by atoms with Crippen LogP contribution in [0.4, 0.5) is 22.7 Å². The molecule has 0 amide bonds. The number of ether oxygens (including phenoxy) is 1. The maximum absolute atomic E-state index is 6.88. The molecular formula is C74H57N4OPtS-3. The molecule has 398 valence electrons. The molecule has 0 N–H and O–H groups in total. The molecule has 4 heterocycles. The molecule has 1 aliphatic heterocycles. The standard InChI is InChI=1S/C74H57N4OS.Pt/c1-73(2,3)55-38-39-75-68(44-55)78-66-46-59(35-36-61(66)72-71(78)69-60-31-14-13-24-50(60)34-37-67(69)80-72)79-58-30-19-29-57(45-58)76-47-77(65-33-16-15-32-64(65)76)70-62(53-27-17-25-51(40-53)48-20-9-7-10-21-48)42-56(74(4,5)6)43-63(70)54-28-18-26-52(41-54)49-22-11-8-12-23-49;/h7-44,47H,1-6H3;/q-3;. The number of anilines is 4. The first kappa shape index (κ1) is 51.9. The van der Waals surface area contributed by atoms with Crippen LogP contribution in [0.3, 0.4) is 0 Å². The van der Waals surface area contributed by atoms with Crippen LogP contribution >= 0.6 is 11.3 Å². The third kappa shape index (κ3) is 9.40. The molecule has 0 unspecified atom stereocenters. The monoisotopic (exact) mass is 1240 g/mol. The predicted octanol–water partition coefficient (Wildman–Crippen LogP) is 20.6. The van der Waals surface area contributed by atoms with Gasteiger partial charge < -0.3 is 19.1 Å². The summed E-state index contributed by atoms with van der Waals surface area (Å²) < 4.78 is 11.6. The molecule has 81 heavy (non-hydrogen) atoms. The summed E-state index contributed by atoms with van der Waals surface area (Å²) in [4.78, 5) is 9.68. The predicted molar refractivity (Wildman–Crippen MR) is 336 cm³/mol. The number of thiophene rings is 1. The summed E-state index contributed by atoms with van der Waals surface area (Å²) in [5.41, 5.74) is 17.6. The maximum Gasteiger partial charge on any atom is 0.135 e. The van der Waals surface area contributed by atoms with Gasteiger partial charge in [0.2, 0.25) is 0 Å². The molecular weight excluding hydrogens is 1190 g/mol. The Balaban J connectivity index is 0.00000618. The van der Waals surface area contributed by atoms with E-state index in [2.05, 4.69) is 287 Å². The Morgan fingerprint density at radius 1 is 0.481 bits per heavy atom. The van der Waals surface area contributed by atoms with E-state index in [0.717, 1.165) is 67.2 Å². The fourth-order valence-electron chi connectivity index (χ4n) is 11.5. The van der Waals surface area contributed by atoms with E-state index < -0.39 is 0 Å². The fraction of sp³-hybridized carbons (Fsp3) is 0.108. The second kappa shape index (κ2) is 20.5. The van der Waals surface area contributed by atoms with Crippen molar-refractivity contribution < 1.29 is 25.8 Å². The third-order valence-electron chi connectivity index (χ3n) is 15.6. The summed E-state index contributed by atoms with van der Waals surface area (Å²) >= 11 is 1.82. The summed E-state index contributed by atoms with van der Waals surface area (Å²) in [5, 5.41) is 4.76. The molecule has 5 nitrogen and oxygen atoms in total. The Kier molecular flexibility index (Phi) is 13.1. The first-order valence-electron chi connectivity index (χ1n) is 27.4. The minimum Gasteiger partial charge on any atom is -0.509 e. The molecule has 0 saturated heterocycles. The SMILES string of the molecule is CC(C)(C)c1ccnc(-n2c3[c-]c(Oc4[c-]c(N5[CH-]N(c6c(-c7cccc(-c8ccccc8)c7)cc(C(C)(C)C)cc6-c6cccc(-c7ccccc7)c6)c6ccccc65)ccc4)ccc3c3sc4ccc5ccccc5c4c32)c1.[Pt]. The number of hydrogen-bond donors (Lipinski definition) is 0. The Bertz CT molecular complexity index is 4420. The molecule has 0 aliphatic carbocycles. The van der Waals surface area contributed by atoms with Crippen molar-refractivity contribution in [2.24, 2.45) is 0 Å². The Morgan fingerprint density at radius 3 is 1.73 bits per heavy atom. The van der Waals surface area contributed by atoms with Gasteiger partial charge in [0, 0.05) is 81.7 Å². The van der Waals surface area contributed by atoms with Crippen LogP contribution in [0.2, 0.25) is 0 Å². The second-order valence-corrected chi connectivity index (χ2v) is 24.0. The van der Waals surface area contributed by atoms with Crippen LogP contribution in [-0.4, -0.2) is 9.55 Å². The summed E-state index contributed by atoms with van der Waals surface area (Å²) in [6, 6.07) is 88.2. The van der Waals surface area contributed by atoms with E-state index in [1.165, 1.54) is 58.9 Å². The van der Waals surface area contributed by atoms with Gasteiger partial charge in [0.05, 0.1) is 5.52 Å². The quantitative estimate of drug-likeness (QED) is 0.135. The van der Waals surface area contributed by atoms with Gasteiger partial charge in [-0.25, -0.2) is 4.98 Å². The summed E-state index contributed by atoms with van der Waals surface area (Å²) in [7, 11) is 0. The molecule has 14 rings (SSSR count). The Labute approximate surface area is 492 Å². The van der Waals surface area contributed by atoms with Gasteiger partial charge in [-0.15, -0.1) is 54.0 Å². The van der Waals surface area contributed by atoms with Gasteiger partial charge >= 0.3 is 0 Å². The van der Waals surface area contributed by atoms with Crippen LogP contribution in [0.15, 0.2) is 231 Å². The second-order valence-electron chi connectivity index (χ2n) is 22.9. The number of pyridine rings is 1. The molecule has 0 saturated carbocycles. The number of benzene rings is 10. The van der Waals surface area contributed by atoms with Gasteiger partial charge in [-0.1, -0.05) is 192 Å². The zero-order valence-corrected chi connectivity index (χ0v) is 49.0. The summed E-state index contributed by atoms with van der Waals surface area (Å²) in [6.07, 6.45) is 1.94. The molecule has 0 bridgehead atoms. The molecule has 3 aromatic heterocycles. The van der Waals surface area contributed by atoms with E-state index in [1.54, 1.807) is 0 Å². The van der Waals surface area contributed by atoms with Gasteiger partial charge in [-0.3, -0.25) is 0 Å². The molecule has 0 spiro atoms. The van der Waals surface area contributed by atoms with Gasteiger partial charge in [0.1, 0.15) is 5.82 Å². The van der Waals surface area contributed by atoms with E-state index in [4.69, 9.17) is 9.72 Å². The Hall–Kier alpha value is -8.54. The van der Waals surface area contributed by atoms with Crippen LogP contribution in [0, 0.1) is 18.8 Å². The van der Waals surface area contributed by atoms with Crippen molar-refractivity contribution in [3.63, 3.8) is 0 Å². The number of aromatic nitrogens is 2. The van der Waals surface area contributed by atoms with Crippen LogP contribution in [0.1, 0.15) is 52.7 Å². The third-order valence-corrected chi connectivity index (χ3v) is 16.8. The van der Waals surface area contributed by atoms with E-state index in [9.17, 15) is 0 Å². The van der Waals surface area contributed by atoms with Crippen molar-refractivity contribution in [3.8, 4) is 61.8 Å². The van der Waals surface area contributed by atoms with E-state index >= 15 is 0 Å². The van der Waals surface area contributed by atoms with E-state index in [-0.39, 0.29) is 31.9 Å². The van der Waals surface area contributed by atoms with Crippen molar-refractivity contribution in [1.82, 2.24) is 9.55 Å². The number of rotatable bonds is 9. The average Bonchev–Trinajstić information content (AvgIpc) is 3.10. The summed E-state index contributed by atoms with van der Waals surface area (Å²) in [6.45, 7) is 15.9. The first-order valence-corrected chi connectivity index (χ1v) is 28.2. The van der Waals surface area contributed by atoms with Crippen LogP contribution < -0.4 is 14.5 Å². The van der Waals surface area contributed by atoms with Gasteiger partial charge in [0.25, 0.3) is 0 Å². The van der Waals surface area contributed by atoms with Crippen LogP contribution in [-0.2, 0) is 31.9 Å². The van der Waals surface area contributed by atoms with Gasteiger partial charge in [-0.05, 0) is 121 Å². The first-order chi connectivity index (χ1) is 38.9. The smallest absolute Gasteiger partial charge is 0.135 e. The van der Waals surface area contributed by atoms with E-state index in [1.807, 2.05) is 29.7 Å². The minimum absolute atomic E-state index is 0. The van der Waals surface area contributed by atoms with Crippen molar-refractivity contribution in [3.05, 3.63) is 261 Å². The Morgan fingerprint density at radius 2 is 1.06 bits per heavy atom. The molecule has 0 radical (unpaired) electrons. The largest absolute Gasteiger partial charge is 0.509 e. The molecule has 10 aromatic carbocycles. The average molecular weight is 1250 g/mol. The molecule has 1 aliphatic rings. The van der Waals surface area contributed by atoms with Crippen molar-refractivity contribution >= 4 is 76.1 Å². The normalized spacial score (nSPS) is 12.6. The van der Waals surface area contributed by atoms with Crippen LogP contribution in [0.5, 0.6) is 11.5 Å².